The molecule has 1 atom stereocenters. The maximum Gasteiger partial charge on any atom is 0.268 e. The zero-order valence-corrected chi connectivity index (χ0v) is 8.17. The van der Waals surface area contributed by atoms with E-state index < -0.39 is 21.3 Å². The van der Waals surface area contributed by atoms with Gasteiger partial charge in [0.05, 0.1) is 5.25 Å². The number of carbonyl (C=O) groups is 1. The van der Waals surface area contributed by atoms with Gasteiger partial charge < -0.3 is 5.73 Å². The Kier molecular flexibility index (Phi) is 4.09. The van der Waals surface area contributed by atoms with Crippen LogP contribution in [-0.2, 0) is 14.9 Å². The average Bonchev–Trinajstić information content (AvgIpc) is 1.96. The molecule has 1 unspecified atom stereocenters. The lowest BCUT2D eigenvalue weighted by Gasteiger charge is -2.10. The number of nitrogens with two attached hydrogens (primary N) is 1. The molecular weight excluding hydrogens is 194 g/mol. The molecule has 0 radical (unpaired) electrons. The van der Waals surface area contributed by atoms with Crippen LogP contribution in [-0.4, -0.2) is 24.1 Å². The molecule has 0 heterocycles. The Labute approximate surface area is 77.4 Å². The largest absolute Gasteiger partial charge is 0.366 e. The highest BCUT2D eigenvalue weighted by atomic mass is 32.2. The van der Waals surface area contributed by atoms with Crippen LogP contribution in [0.2, 0.25) is 0 Å². The van der Waals surface area contributed by atoms with Gasteiger partial charge in [0, 0.05) is 5.57 Å². The first-order valence-electron chi connectivity index (χ1n) is 3.73. The van der Waals surface area contributed by atoms with Crippen molar-refractivity contribution in [1.82, 2.24) is 0 Å². The molecule has 0 bridgehead atoms. The Balaban J connectivity index is 4.49. The summed E-state index contributed by atoms with van der Waals surface area (Å²) in [6, 6.07) is 0. The monoisotopic (exact) mass is 207 g/mol. The molecule has 0 aliphatic rings. The van der Waals surface area contributed by atoms with E-state index in [1.807, 2.05) is 0 Å². The highest BCUT2D eigenvalue weighted by molar-refractivity contribution is 7.86. The van der Waals surface area contributed by atoms with E-state index in [2.05, 4.69) is 6.58 Å². The van der Waals surface area contributed by atoms with Crippen molar-refractivity contribution in [3.05, 3.63) is 12.2 Å². The van der Waals surface area contributed by atoms with Crippen LogP contribution in [0.1, 0.15) is 19.8 Å². The van der Waals surface area contributed by atoms with Crippen LogP contribution >= 0.6 is 0 Å². The Morgan fingerprint density at radius 3 is 2.31 bits per heavy atom. The Morgan fingerprint density at radius 2 is 2.08 bits per heavy atom. The molecule has 6 heteroatoms. The van der Waals surface area contributed by atoms with Crippen molar-refractivity contribution in [2.24, 2.45) is 5.73 Å². The summed E-state index contributed by atoms with van der Waals surface area (Å²) in [7, 11) is -4.11. The lowest BCUT2D eigenvalue weighted by atomic mass is 10.1. The van der Waals surface area contributed by atoms with Gasteiger partial charge in [0.15, 0.2) is 0 Å². The minimum Gasteiger partial charge on any atom is -0.366 e. The molecule has 0 spiro atoms. The van der Waals surface area contributed by atoms with Crippen LogP contribution in [0.3, 0.4) is 0 Å². The summed E-state index contributed by atoms with van der Waals surface area (Å²) in [4.78, 5) is 10.5. The second-order valence-electron chi connectivity index (χ2n) is 2.72. The zero-order valence-electron chi connectivity index (χ0n) is 7.36. The summed E-state index contributed by atoms with van der Waals surface area (Å²) < 4.78 is 30.1. The second kappa shape index (κ2) is 4.38. The lowest BCUT2D eigenvalue weighted by molar-refractivity contribution is -0.114. The van der Waals surface area contributed by atoms with Gasteiger partial charge >= 0.3 is 0 Å². The van der Waals surface area contributed by atoms with Crippen LogP contribution < -0.4 is 5.73 Å². The smallest absolute Gasteiger partial charge is 0.268 e. The van der Waals surface area contributed by atoms with E-state index in [1.54, 1.807) is 6.92 Å². The average molecular weight is 207 g/mol. The summed E-state index contributed by atoms with van der Waals surface area (Å²) in [6.45, 7) is 4.90. The summed E-state index contributed by atoms with van der Waals surface area (Å²) in [5.74, 6) is -0.748. The van der Waals surface area contributed by atoms with Gasteiger partial charge in [-0.05, 0) is 12.8 Å². The van der Waals surface area contributed by atoms with Crippen molar-refractivity contribution in [2.75, 3.05) is 0 Å². The minimum atomic E-state index is -4.11. The minimum absolute atomic E-state index is 0.00414. The van der Waals surface area contributed by atoms with E-state index in [0.29, 0.717) is 0 Å². The summed E-state index contributed by atoms with van der Waals surface area (Å²) >= 11 is 0. The zero-order chi connectivity index (χ0) is 10.6. The van der Waals surface area contributed by atoms with Gasteiger partial charge in [-0.3, -0.25) is 9.35 Å². The third kappa shape index (κ3) is 4.05. The van der Waals surface area contributed by atoms with Gasteiger partial charge in [0.25, 0.3) is 10.1 Å². The lowest BCUT2D eigenvalue weighted by Crippen LogP contribution is -2.24. The van der Waals surface area contributed by atoms with Crippen molar-refractivity contribution in [1.29, 1.82) is 0 Å². The summed E-state index contributed by atoms with van der Waals surface area (Å²) in [5, 5.41) is -0.993. The van der Waals surface area contributed by atoms with Gasteiger partial charge in [0.2, 0.25) is 5.91 Å². The molecule has 3 N–H and O–H groups in total. The van der Waals surface area contributed by atoms with Crippen LogP contribution in [0.25, 0.3) is 0 Å². The van der Waals surface area contributed by atoms with Gasteiger partial charge in [-0.2, -0.15) is 8.42 Å². The number of rotatable bonds is 5. The number of hydrogen-bond acceptors (Lipinski definition) is 3. The third-order valence-electron chi connectivity index (χ3n) is 1.70. The molecule has 13 heavy (non-hydrogen) atoms. The van der Waals surface area contributed by atoms with Gasteiger partial charge in [-0.1, -0.05) is 13.5 Å². The standard InChI is InChI=1S/C7H13NO4S/c1-3-6(13(10,11)12)4-5(2)7(8)9/h6H,2-4H2,1H3,(H2,8,9)(H,10,11,12). The molecule has 0 aromatic rings. The maximum atomic E-state index is 10.7. The normalized spacial score (nSPS) is 13.7. The van der Waals surface area contributed by atoms with Crippen molar-refractivity contribution in [2.45, 2.75) is 25.0 Å². The Hall–Kier alpha value is -0.880. The van der Waals surface area contributed by atoms with Crippen molar-refractivity contribution < 1.29 is 17.8 Å². The summed E-state index contributed by atoms with van der Waals surface area (Å²) in [5.41, 5.74) is 4.87. The number of primary amides is 1. The van der Waals surface area contributed by atoms with E-state index in [9.17, 15) is 13.2 Å². The molecule has 76 valence electrons. The predicted molar refractivity (Wildman–Crippen MR) is 48.6 cm³/mol. The third-order valence-corrected chi connectivity index (χ3v) is 3.04. The fourth-order valence-corrected chi connectivity index (χ4v) is 1.67. The van der Waals surface area contributed by atoms with Crippen LogP contribution in [0.15, 0.2) is 12.2 Å². The molecule has 0 rings (SSSR count). The highest BCUT2D eigenvalue weighted by Crippen LogP contribution is 2.13. The van der Waals surface area contributed by atoms with Crippen LogP contribution in [0.4, 0.5) is 0 Å². The van der Waals surface area contributed by atoms with Crippen molar-refractivity contribution in [3.63, 3.8) is 0 Å². The van der Waals surface area contributed by atoms with Crippen molar-refractivity contribution >= 4 is 16.0 Å². The quantitative estimate of drug-likeness (QED) is 0.493. The number of hydrogen-bond donors (Lipinski definition) is 2. The molecule has 0 saturated heterocycles. The van der Waals surface area contributed by atoms with Crippen molar-refractivity contribution in [3.8, 4) is 0 Å². The number of carbonyl (C=O) groups excluding carboxylic acids is 1. The van der Waals surface area contributed by atoms with Crippen LogP contribution in [0, 0.1) is 0 Å². The predicted octanol–water partition coefficient (Wildman–Crippen LogP) is 0.0844. The van der Waals surface area contributed by atoms with Gasteiger partial charge in [-0.15, -0.1) is 0 Å². The van der Waals surface area contributed by atoms with E-state index in [-0.39, 0.29) is 18.4 Å². The van der Waals surface area contributed by atoms with E-state index >= 15 is 0 Å². The van der Waals surface area contributed by atoms with Gasteiger partial charge in [-0.25, -0.2) is 0 Å². The maximum absolute atomic E-state index is 10.7. The fourth-order valence-electron chi connectivity index (χ4n) is 0.836. The fraction of sp³-hybridized carbons (Fsp3) is 0.571. The second-order valence-corrected chi connectivity index (χ2v) is 4.41. The van der Waals surface area contributed by atoms with E-state index in [1.165, 1.54) is 0 Å². The van der Waals surface area contributed by atoms with Gasteiger partial charge in [0.1, 0.15) is 0 Å². The molecule has 0 fully saturated rings. The van der Waals surface area contributed by atoms with E-state index in [0.717, 1.165) is 0 Å². The molecule has 5 nitrogen and oxygen atoms in total. The molecular formula is C7H13NO4S. The first-order valence-corrected chi connectivity index (χ1v) is 5.23. The molecule has 0 saturated carbocycles. The van der Waals surface area contributed by atoms with Crippen LogP contribution in [0.5, 0.6) is 0 Å². The molecule has 0 aliphatic carbocycles. The Morgan fingerprint density at radius 1 is 1.62 bits per heavy atom. The first-order chi connectivity index (χ1) is 5.79. The SMILES string of the molecule is C=C(CC(CC)S(=O)(=O)O)C(N)=O. The molecule has 0 aromatic heterocycles. The first kappa shape index (κ1) is 12.1. The molecule has 0 aromatic carbocycles. The molecule has 1 amide bonds. The Bertz CT molecular complexity index is 306. The van der Waals surface area contributed by atoms with E-state index in [4.69, 9.17) is 10.3 Å². The highest BCUT2D eigenvalue weighted by Gasteiger charge is 2.22. The number of amides is 1. The molecule has 0 aliphatic heterocycles. The topological polar surface area (TPSA) is 97.5 Å². The summed E-state index contributed by atoms with van der Waals surface area (Å²) in [6.07, 6.45) is 0.0931.